The molecule has 0 bridgehead atoms. The molecule has 0 saturated carbocycles. The van der Waals surface area contributed by atoms with E-state index in [4.69, 9.17) is 0 Å². The van der Waals surface area contributed by atoms with E-state index in [1.165, 1.54) is 5.56 Å². The van der Waals surface area contributed by atoms with Gasteiger partial charge >= 0.3 is 0 Å². The van der Waals surface area contributed by atoms with Crippen molar-refractivity contribution in [2.24, 2.45) is 4.99 Å². The Morgan fingerprint density at radius 2 is 1.88 bits per heavy atom. The van der Waals surface area contributed by atoms with E-state index in [1.54, 1.807) is 7.05 Å². The zero-order valence-corrected chi connectivity index (χ0v) is 15.3. The zero-order chi connectivity index (χ0) is 18.2. The van der Waals surface area contributed by atoms with E-state index in [9.17, 15) is 4.79 Å². The molecule has 0 spiro atoms. The van der Waals surface area contributed by atoms with E-state index < -0.39 is 0 Å². The van der Waals surface area contributed by atoms with Gasteiger partial charge in [0.05, 0.1) is 0 Å². The first-order valence-corrected chi connectivity index (χ1v) is 9.21. The largest absolute Gasteiger partial charge is 0.356 e. The molecule has 6 heteroatoms. The summed E-state index contributed by atoms with van der Waals surface area (Å²) < 4.78 is 2.12. The van der Waals surface area contributed by atoms with E-state index in [1.807, 2.05) is 47.6 Å². The molecule has 0 radical (unpaired) electrons. The van der Waals surface area contributed by atoms with Crippen molar-refractivity contribution >= 4 is 17.6 Å². The lowest BCUT2D eigenvalue weighted by molar-refractivity contribution is -0.118. The third kappa shape index (κ3) is 4.65. The van der Waals surface area contributed by atoms with Gasteiger partial charge < -0.3 is 20.1 Å². The Morgan fingerprint density at radius 1 is 1.12 bits per heavy atom. The summed E-state index contributed by atoms with van der Waals surface area (Å²) in [7, 11) is 1.76. The van der Waals surface area contributed by atoms with Crippen LogP contribution in [0, 0.1) is 0 Å². The molecule has 0 atom stereocenters. The van der Waals surface area contributed by atoms with Crippen LogP contribution in [0.2, 0.25) is 0 Å². The number of carbonyl (C=O) groups excluding carboxylic acids is 1. The van der Waals surface area contributed by atoms with Gasteiger partial charge in [0.1, 0.15) is 0 Å². The standard InChI is InChI=1S/C20H27N5O/c1-21-20(23-12-16-24-13-4-5-14-24)22-11-6-9-19(26)25-15-10-17-7-2-3-8-18(17)25/h2-5,7-8,13-14H,6,9-12,15-16H2,1H3,(H2,21,22,23). The maximum atomic E-state index is 12.5. The first-order chi connectivity index (χ1) is 12.8. The van der Waals surface area contributed by atoms with E-state index in [-0.39, 0.29) is 5.91 Å². The molecule has 138 valence electrons. The number of carbonyl (C=O) groups is 1. The highest BCUT2D eigenvalue weighted by atomic mass is 16.2. The third-order valence-electron chi connectivity index (χ3n) is 4.60. The zero-order valence-electron chi connectivity index (χ0n) is 15.3. The Morgan fingerprint density at radius 3 is 2.69 bits per heavy atom. The van der Waals surface area contributed by atoms with E-state index >= 15 is 0 Å². The first-order valence-electron chi connectivity index (χ1n) is 9.21. The van der Waals surface area contributed by atoms with E-state index in [2.05, 4.69) is 26.3 Å². The highest BCUT2D eigenvalue weighted by Gasteiger charge is 2.23. The smallest absolute Gasteiger partial charge is 0.227 e. The molecule has 1 aromatic heterocycles. The number of aliphatic imine (C=N–C) groups is 1. The van der Waals surface area contributed by atoms with Gasteiger partial charge in [0.25, 0.3) is 0 Å². The Hall–Kier alpha value is -2.76. The van der Waals surface area contributed by atoms with Crippen LogP contribution in [-0.4, -0.2) is 43.1 Å². The summed E-state index contributed by atoms with van der Waals surface area (Å²) in [5, 5.41) is 6.56. The predicted molar refractivity (Wildman–Crippen MR) is 106 cm³/mol. The molecule has 0 fully saturated rings. The van der Waals surface area contributed by atoms with Crippen LogP contribution in [0.1, 0.15) is 18.4 Å². The van der Waals surface area contributed by atoms with Crippen LogP contribution in [0.15, 0.2) is 53.8 Å². The van der Waals surface area contributed by atoms with Crippen molar-refractivity contribution in [2.75, 3.05) is 31.6 Å². The van der Waals surface area contributed by atoms with Crippen LogP contribution in [-0.2, 0) is 17.8 Å². The summed E-state index contributed by atoms with van der Waals surface area (Å²) in [5.74, 6) is 0.975. The van der Waals surface area contributed by atoms with Crippen LogP contribution >= 0.6 is 0 Å². The Balaban J connectivity index is 1.34. The quantitative estimate of drug-likeness (QED) is 0.455. The van der Waals surface area contributed by atoms with Crippen molar-refractivity contribution in [1.29, 1.82) is 0 Å². The fraction of sp³-hybridized carbons (Fsp3) is 0.400. The van der Waals surface area contributed by atoms with Crippen LogP contribution in [0.25, 0.3) is 0 Å². The van der Waals surface area contributed by atoms with Crippen molar-refractivity contribution in [3.8, 4) is 0 Å². The molecule has 0 aliphatic carbocycles. The monoisotopic (exact) mass is 353 g/mol. The maximum Gasteiger partial charge on any atom is 0.227 e. The molecule has 3 rings (SSSR count). The van der Waals surface area contributed by atoms with Crippen molar-refractivity contribution < 1.29 is 4.79 Å². The molecule has 2 heterocycles. The van der Waals surface area contributed by atoms with Crippen LogP contribution in [0.5, 0.6) is 0 Å². The number of para-hydroxylation sites is 1. The number of nitrogens with zero attached hydrogens (tertiary/aromatic N) is 3. The van der Waals surface area contributed by atoms with Crippen LogP contribution in [0.3, 0.4) is 0 Å². The fourth-order valence-corrected chi connectivity index (χ4v) is 3.22. The van der Waals surface area contributed by atoms with Crippen LogP contribution < -0.4 is 15.5 Å². The second kappa shape index (κ2) is 9.08. The minimum absolute atomic E-state index is 0.201. The average Bonchev–Trinajstić information content (AvgIpc) is 3.33. The third-order valence-corrected chi connectivity index (χ3v) is 4.60. The minimum Gasteiger partial charge on any atom is -0.356 e. The summed E-state index contributed by atoms with van der Waals surface area (Å²) in [6.07, 6.45) is 6.37. The van der Waals surface area contributed by atoms with Crippen molar-refractivity contribution in [3.05, 3.63) is 54.4 Å². The number of amides is 1. The molecule has 0 unspecified atom stereocenters. The summed E-state index contributed by atoms with van der Waals surface area (Å²) in [4.78, 5) is 18.6. The lowest BCUT2D eigenvalue weighted by Crippen LogP contribution is -2.39. The number of hydrogen-bond acceptors (Lipinski definition) is 2. The summed E-state index contributed by atoms with van der Waals surface area (Å²) in [5.41, 5.74) is 2.35. The number of hydrogen-bond donors (Lipinski definition) is 2. The SMILES string of the molecule is CN=C(NCCCC(=O)N1CCc2ccccc21)NCCn1cccc1. The Labute approximate surface area is 154 Å². The van der Waals surface area contributed by atoms with E-state index in [0.29, 0.717) is 6.42 Å². The Bertz CT molecular complexity index is 738. The lowest BCUT2D eigenvalue weighted by Gasteiger charge is -2.17. The van der Waals surface area contributed by atoms with Crippen molar-refractivity contribution in [3.63, 3.8) is 0 Å². The number of anilines is 1. The number of fused-ring (bicyclic) bond motifs is 1. The summed E-state index contributed by atoms with van der Waals surface area (Å²) in [6, 6.07) is 12.2. The van der Waals surface area contributed by atoms with Crippen molar-refractivity contribution in [1.82, 2.24) is 15.2 Å². The van der Waals surface area contributed by atoms with E-state index in [0.717, 1.165) is 50.7 Å². The number of nitrogens with one attached hydrogen (secondary N) is 2. The number of benzene rings is 1. The minimum atomic E-state index is 0.201. The van der Waals surface area contributed by atoms with Crippen molar-refractivity contribution in [2.45, 2.75) is 25.8 Å². The molecular formula is C20H27N5O. The molecule has 1 aliphatic heterocycles. The average molecular weight is 353 g/mol. The molecule has 1 aliphatic rings. The fourth-order valence-electron chi connectivity index (χ4n) is 3.22. The van der Waals surface area contributed by atoms with Gasteiger partial charge in [-0.15, -0.1) is 0 Å². The van der Waals surface area contributed by atoms with Gasteiger partial charge in [0.2, 0.25) is 5.91 Å². The summed E-state index contributed by atoms with van der Waals surface area (Å²) >= 11 is 0. The van der Waals surface area contributed by atoms with Crippen LogP contribution in [0.4, 0.5) is 5.69 Å². The number of rotatable bonds is 7. The molecule has 1 aromatic carbocycles. The number of aromatic nitrogens is 1. The molecular weight excluding hydrogens is 326 g/mol. The van der Waals surface area contributed by atoms with Gasteiger partial charge in [-0.05, 0) is 36.6 Å². The highest BCUT2D eigenvalue weighted by molar-refractivity contribution is 5.95. The van der Waals surface area contributed by atoms with Gasteiger partial charge in [0, 0.05) is 57.7 Å². The lowest BCUT2D eigenvalue weighted by atomic mass is 10.2. The Kier molecular flexibility index (Phi) is 6.30. The van der Waals surface area contributed by atoms with Gasteiger partial charge in [0.15, 0.2) is 5.96 Å². The maximum absolute atomic E-state index is 12.5. The normalized spacial score (nSPS) is 13.6. The highest BCUT2D eigenvalue weighted by Crippen LogP contribution is 2.27. The second-order valence-corrected chi connectivity index (χ2v) is 6.37. The molecule has 2 N–H and O–H groups in total. The first kappa shape index (κ1) is 18.0. The van der Waals surface area contributed by atoms with Gasteiger partial charge in [-0.25, -0.2) is 0 Å². The molecule has 2 aromatic rings. The van der Waals surface area contributed by atoms with Gasteiger partial charge in [-0.1, -0.05) is 18.2 Å². The number of guanidine groups is 1. The molecule has 6 nitrogen and oxygen atoms in total. The second-order valence-electron chi connectivity index (χ2n) is 6.37. The van der Waals surface area contributed by atoms with Gasteiger partial charge in [-0.2, -0.15) is 0 Å². The van der Waals surface area contributed by atoms with Gasteiger partial charge in [-0.3, -0.25) is 9.79 Å². The summed E-state index contributed by atoms with van der Waals surface area (Å²) in [6.45, 7) is 3.22. The predicted octanol–water partition coefficient (Wildman–Crippen LogP) is 2.02. The molecule has 0 saturated heterocycles. The molecule has 1 amide bonds. The molecule has 26 heavy (non-hydrogen) atoms. The topological polar surface area (TPSA) is 61.7 Å².